The van der Waals surface area contributed by atoms with Crippen molar-refractivity contribution in [3.8, 4) is 0 Å². The lowest BCUT2D eigenvalue weighted by Crippen LogP contribution is -2.18. The second-order valence-corrected chi connectivity index (χ2v) is 5.86. The number of hydrogen-bond acceptors (Lipinski definition) is 2. The van der Waals surface area contributed by atoms with E-state index in [1.54, 1.807) is 0 Å². The van der Waals surface area contributed by atoms with Crippen LogP contribution >= 0.6 is 0 Å². The molecule has 3 heteroatoms. The largest absolute Gasteiger partial charge is 0.513 e. The van der Waals surface area contributed by atoms with Crippen molar-refractivity contribution in [3.63, 3.8) is 0 Å². The van der Waals surface area contributed by atoms with Crippen LogP contribution in [0.4, 0.5) is 0 Å². The molecule has 0 saturated carbocycles. The average Bonchev–Trinajstić information content (AvgIpc) is 2.44. The third-order valence-corrected chi connectivity index (χ3v) is 4.41. The molecule has 0 aromatic carbocycles. The Morgan fingerprint density at radius 3 is 1.79 bits per heavy atom. The monoisotopic (exact) mass is 281 g/mol. The Balaban J connectivity index is 5.60. The van der Waals surface area contributed by atoms with Gasteiger partial charge in [0, 0.05) is 5.57 Å². The summed E-state index contributed by atoms with van der Waals surface area (Å²) >= 11 is 0. The zero-order valence-electron chi connectivity index (χ0n) is 13.4. The van der Waals surface area contributed by atoms with E-state index in [9.17, 15) is 4.79 Å². The second-order valence-electron chi connectivity index (χ2n) is 5.66. The van der Waals surface area contributed by atoms with Crippen molar-refractivity contribution in [3.05, 3.63) is 11.1 Å². The summed E-state index contributed by atoms with van der Waals surface area (Å²) in [5.74, 6) is 1.15. The predicted octanol–water partition coefficient (Wildman–Crippen LogP) is 4.44. The van der Waals surface area contributed by atoms with Crippen LogP contribution < -0.4 is 0 Å². The highest BCUT2D eigenvalue weighted by Gasteiger charge is 2.24. The molecule has 0 aliphatic rings. The van der Waals surface area contributed by atoms with Crippen molar-refractivity contribution in [2.45, 2.75) is 67.2 Å². The van der Waals surface area contributed by atoms with E-state index in [2.05, 4.69) is 52.0 Å². The van der Waals surface area contributed by atoms with E-state index >= 15 is 0 Å². The van der Waals surface area contributed by atoms with Gasteiger partial charge in [-0.25, -0.2) is 4.79 Å². The Morgan fingerprint density at radius 2 is 1.47 bits per heavy atom. The van der Waals surface area contributed by atoms with E-state index < -0.39 is 0 Å². The van der Waals surface area contributed by atoms with Gasteiger partial charge in [0.1, 0.15) is 0 Å². The molecule has 0 N–H and O–H groups in total. The maximum absolute atomic E-state index is 12.1. The zero-order valence-corrected chi connectivity index (χ0v) is 14.4. The first kappa shape index (κ1) is 18.4. The molecular formula is C16H29O2Si. The summed E-state index contributed by atoms with van der Waals surface area (Å²) in [5, 5.41) is 0. The van der Waals surface area contributed by atoms with Gasteiger partial charge < -0.3 is 4.43 Å². The highest BCUT2D eigenvalue weighted by Crippen LogP contribution is 2.32. The van der Waals surface area contributed by atoms with Crippen molar-refractivity contribution in [1.82, 2.24) is 0 Å². The SMILES string of the molecule is CCC(C)CC(C(=O)O[Si])=C(C(C)CC)C(C)CC. The lowest BCUT2D eigenvalue weighted by Gasteiger charge is -2.25. The molecule has 0 amide bonds. The smallest absolute Gasteiger partial charge is 0.345 e. The minimum atomic E-state index is -0.215. The van der Waals surface area contributed by atoms with E-state index in [1.807, 2.05) is 0 Å². The Labute approximate surface area is 122 Å². The van der Waals surface area contributed by atoms with Crippen molar-refractivity contribution >= 4 is 16.5 Å². The minimum absolute atomic E-state index is 0.215. The fourth-order valence-electron chi connectivity index (χ4n) is 2.39. The number of carbonyl (C=O) groups is 1. The normalized spacial score (nSPS) is 15.5. The lowest BCUT2D eigenvalue weighted by molar-refractivity contribution is -0.130. The molecule has 0 aliphatic carbocycles. The van der Waals surface area contributed by atoms with Crippen LogP contribution in [0.25, 0.3) is 0 Å². The summed E-state index contributed by atoms with van der Waals surface area (Å²) in [6.45, 7) is 13.1. The molecular weight excluding hydrogens is 252 g/mol. The molecule has 3 unspecified atom stereocenters. The van der Waals surface area contributed by atoms with Crippen LogP contribution in [0.5, 0.6) is 0 Å². The molecule has 0 rings (SSSR count). The molecule has 0 aliphatic heterocycles. The van der Waals surface area contributed by atoms with E-state index in [0.29, 0.717) is 17.8 Å². The molecule has 0 spiro atoms. The standard InChI is InChI=1S/C16H29O2Si/c1-7-11(4)10-14(16(17)18-19)15(12(5)8-2)13(6)9-3/h11-13H,7-10H2,1-6H3. The first-order valence-corrected chi connectivity index (χ1v) is 7.94. The first-order valence-electron chi connectivity index (χ1n) is 7.53. The Kier molecular flexibility index (Phi) is 9.07. The Hall–Kier alpha value is -0.573. The molecule has 0 aromatic heterocycles. The van der Waals surface area contributed by atoms with Crippen molar-refractivity contribution in [1.29, 1.82) is 0 Å². The van der Waals surface area contributed by atoms with Gasteiger partial charge in [-0.05, 0) is 37.0 Å². The van der Waals surface area contributed by atoms with Crippen LogP contribution in [-0.4, -0.2) is 16.5 Å². The van der Waals surface area contributed by atoms with Crippen LogP contribution in [0.15, 0.2) is 11.1 Å². The van der Waals surface area contributed by atoms with Gasteiger partial charge in [0.2, 0.25) is 0 Å². The van der Waals surface area contributed by atoms with Gasteiger partial charge in [-0.1, -0.05) is 53.5 Å². The predicted molar refractivity (Wildman–Crippen MR) is 81.9 cm³/mol. The molecule has 0 heterocycles. The molecule has 0 aromatic rings. The fourth-order valence-corrected chi connectivity index (χ4v) is 2.52. The van der Waals surface area contributed by atoms with Crippen molar-refractivity contribution in [2.75, 3.05) is 0 Å². The zero-order chi connectivity index (χ0) is 15.0. The van der Waals surface area contributed by atoms with Gasteiger partial charge >= 0.3 is 16.5 Å². The van der Waals surface area contributed by atoms with E-state index in [1.165, 1.54) is 5.57 Å². The number of rotatable bonds is 8. The molecule has 3 atom stereocenters. The van der Waals surface area contributed by atoms with Gasteiger partial charge in [-0.2, -0.15) is 0 Å². The van der Waals surface area contributed by atoms with Gasteiger partial charge in [-0.3, -0.25) is 0 Å². The lowest BCUT2D eigenvalue weighted by atomic mass is 9.81. The number of hydrogen-bond donors (Lipinski definition) is 0. The summed E-state index contributed by atoms with van der Waals surface area (Å²) in [5.41, 5.74) is 2.17. The van der Waals surface area contributed by atoms with E-state index in [4.69, 9.17) is 4.43 Å². The average molecular weight is 281 g/mol. The van der Waals surface area contributed by atoms with Gasteiger partial charge in [0.15, 0.2) is 0 Å². The topological polar surface area (TPSA) is 26.3 Å². The Bertz CT molecular complexity index is 298. The van der Waals surface area contributed by atoms with Crippen LogP contribution in [0, 0.1) is 17.8 Å². The van der Waals surface area contributed by atoms with Crippen molar-refractivity contribution < 1.29 is 9.22 Å². The molecule has 0 bridgehead atoms. The maximum atomic E-state index is 12.1. The molecule has 109 valence electrons. The molecule has 2 nitrogen and oxygen atoms in total. The maximum Gasteiger partial charge on any atom is 0.345 e. The van der Waals surface area contributed by atoms with Crippen molar-refractivity contribution in [2.24, 2.45) is 17.8 Å². The summed E-state index contributed by atoms with van der Waals surface area (Å²) < 4.78 is 4.84. The third-order valence-electron chi connectivity index (χ3n) is 4.22. The molecule has 0 fully saturated rings. The van der Waals surface area contributed by atoms with Gasteiger partial charge in [0.05, 0.1) is 0 Å². The van der Waals surface area contributed by atoms with Crippen LogP contribution in [0.1, 0.15) is 67.2 Å². The quantitative estimate of drug-likeness (QED) is 0.486. The van der Waals surface area contributed by atoms with E-state index in [-0.39, 0.29) is 5.97 Å². The molecule has 3 radical (unpaired) electrons. The highest BCUT2D eigenvalue weighted by atomic mass is 28.2. The summed E-state index contributed by atoms with van der Waals surface area (Å²) in [4.78, 5) is 12.1. The summed E-state index contributed by atoms with van der Waals surface area (Å²) in [6.07, 6.45) is 3.99. The highest BCUT2D eigenvalue weighted by molar-refractivity contribution is 6.09. The Morgan fingerprint density at radius 1 is 1.00 bits per heavy atom. The summed E-state index contributed by atoms with van der Waals surface area (Å²) in [6, 6.07) is 0. The molecule has 19 heavy (non-hydrogen) atoms. The van der Waals surface area contributed by atoms with Gasteiger partial charge in [-0.15, -0.1) is 0 Å². The fraction of sp³-hybridized carbons (Fsp3) is 0.812. The molecule has 0 saturated heterocycles. The number of allylic oxidation sites excluding steroid dienone is 1. The summed E-state index contributed by atoms with van der Waals surface area (Å²) in [7, 11) is 2.90. The first-order chi connectivity index (χ1) is 8.92. The van der Waals surface area contributed by atoms with E-state index in [0.717, 1.165) is 31.3 Å². The van der Waals surface area contributed by atoms with Crippen LogP contribution in [0.2, 0.25) is 0 Å². The van der Waals surface area contributed by atoms with Crippen LogP contribution in [0.3, 0.4) is 0 Å². The van der Waals surface area contributed by atoms with Crippen LogP contribution in [-0.2, 0) is 9.22 Å². The minimum Gasteiger partial charge on any atom is -0.513 e. The number of carbonyl (C=O) groups excluding carboxylic acids is 1. The van der Waals surface area contributed by atoms with Gasteiger partial charge in [0.25, 0.3) is 0 Å². The second kappa shape index (κ2) is 9.35. The third kappa shape index (κ3) is 5.51.